The maximum atomic E-state index is 12.5. The van der Waals surface area contributed by atoms with Gasteiger partial charge >= 0.3 is 11.7 Å². The number of hydrogen-bond donors (Lipinski definition) is 3. The molecule has 4 rings (SSSR count). The van der Waals surface area contributed by atoms with Gasteiger partial charge in [0.25, 0.3) is 5.56 Å². The maximum Gasteiger partial charge on any atom is 0.334 e. The molecule has 1 saturated carbocycles. The number of carbonyl (C=O) groups excluding carboxylic acids is 1. The van der Waals surface area contributed by atoms with Gasteiger partial charge in [-0.25, -0.2) is 9.59 Å². The Balaban J connectivity index is 1.76. The first-order valence-electron chi connectivity index (χ1n) is 11.8. The molecule has 0 radical (unpaired) electrons. The Kier molecular flexibility index (Phi) is 6.26. The summed E-state index contributed by atoms with van der Waals surface area (Å²) in [5.74, 6) is -0.197. The Bertz CT molecular complexity index is 1130. The van der Waals surface area contributed by atoms with E-state index in [1.165, 1.54) is 5.57 Å². The number of carbonyl (C=O) groups is 1. The Labute approximate surface area is 193 Å². The molecule has 4 atom stereocenters. The molecule has 8 heteroatoms. The highest BCUT2D eigenvalue weighted by molar-refractivity contribution is 5.90. The van der Waals surface area contributed by atoms with Crippen LogP contribution in [0.3, 0.4) is 0 Å². The smallest absolute Gasteiger partial charge is 0.334 e. The third-order valence-corrected chi connectivity index (χ3v) is 8.46. The highest BCUT2D eigenvalue weighted by atomic mass is 16.5. The van der Waals surface area contributed by atoms with Crippen molar-refractivity contribution in [1.82, 2.24) is 9.55 Å². The summed E-state index contributed by atoms with van der Waals surface area (Å²) in [5.41, 5.74) is 1.77. The Morgan fingerprint density at radius 2 is 1.97 bits per heavy atom. The van der Waals surface area contributed by atoms with Crippen LogP contribution >= 0.6 is 0 Å². The second kappa shape index (κ2) is 8.72. The number of nitrogens with one attached hydrogen (secondary N) is 1. The van der Waals surface area contributed by atoms with Crippen LogP contribution in [0.5, 0.6) is 0 Å². The second-order valence-corrected chi connectivity index (χ2v) is 10.3. The van der Waals surface area contributed by atoms with Crippen LogP contribution in [-0.4, -0.2) is 45.1 Å². The summed E-state index contributed by atoms with van der Waals surface area (Å²) in [5, 5.41) is 21.0. The van der Waals surface area contributed by atoms with Crippen molar-refractivity contribution in [1.29, 1.82) is 0 Å². The molecule has 3 N–H and O–H groups in total. The number of fused-ring (bicyclic) bond motifs is 1. The van der Waals surface area contributed by atoms with Crippen molar-refractivity contribution < 1.29 is 19.7 Å². The van der Waals surface area contributed by atoms with Crippen LogP contribution < -0.4 is 11.2 Å². The number of esters is 1. The average molecular weight is 459 g/mol. The van der Waals surface area contributed by atoms with Gasteiger partial charge in [-0.2, -0.15) is 0 Å². The first-order chi connectivity index (χ1) is 15.6. The SMILES string of the molecule is Cc1cn(CC2=C(CCC3=CCOC3=O)[C@]3(C)CC[C@@H](O)[C@@](C)(CO)[C@H]3CC2)c(=O)[nH]c1=O. The van der Waals surface area contributed by atoms with Crippen LogP contribution in [0.1, 0.15) is 57.9 Å². The fraction of sp³-hybridized carbons (Fsp3) is 0.640. The van der Waals surface area contributed by atoms with Gasteiger partial charge in [0.05, 0.1) is 12.7 Å². The molecular weight excluding hydrogens is 424 g/mol. The lowest BCUT2D eigenvalue weighted by atomic mass is 9.48. The van der Waals surface area contributed by atoms with Crippen molar-refractivity contribution in [3.63, 3.8) is 0 Å². The fourth-order valence-corrected chi connectivity index (χ4v) is 6.44. The van der Waals surface area contributed by atoms with Gasteiger partial charge in [-0.15, -0.1) is 0 Å². The van der Waals surface area contributed by atoms with Crippen LogP contribution in [0.2, 0.25) is 0 Å². The quantitative estimate of drug-likeness (QED) is 0.443. The lowest BCUT2D eigenvalue weighted by Gasteiger charge is -2.57. The van der Waals surface area contributed by atoms with E-state index in [0.717, 1.165) is 24.8 Å². The first kappa shape index (κ1) is 23.7. The number of hydrogen-bond acceptors (Lipinski definition) is 6. The molecule has 0 unspecified atom stereocenters. The van der Waals surface area contributed by atoms with E-state index < -0.39 is 17.2 Å². The van der Waals surface area contributed by atoms with Gasteiger partial charge in [-0.1, -0.05) is 25.0 Å². The molecule has 1 fully saturated rings. The van der Waals surface area contributed by atoms with E-state index in [2.05, 4.69) is 11.9 Å². The summed E-state index contributed by atoms with van der Waals surface area (Å²) in [7, 11) is 0. The number of aromatic nitrogens is 2. The largest absolute Gasteiger partial charge is 0.458 e. The van der Waals surface area contributed by atoms with Gasteiger partial charge in [0.15, 0.2) is 0 Å². The van der Waals surface area contributed by atoms with Crippen LogP contribution in [0, 0.1) is 23.7 Å². The van der Waals surface area contributed by atoms with E-state index in [9.17, 15) is 24.6 Å². The van der Waals surface area contributed by atoms with Crippen molar-refractivity contribution in [3.8, 4) is 0 Å². The molecule has 180 valence electrons. The molecule has 2 aliphatic carbocycles. The zero-order chi connectivity index (χ0) is 24.0. The molecule has 0 saturated heterocycles. The van der Waals surface area contributed by atoms with E-state index >= 15 is 0 Å². The second-order valence-electron chi connectivity index (χ2n) is 10.3. The number of aromatic amines is 1. The van der Waals surface area contributed by atoms with Gasteiger partial charge in [0.1, 0.15) is 6.61 Å². The number of allylic oxidation sites excluding steroid dienone is 2. The Hall–Kier alpha value is -2.45. The number of aryl methyl sites for hydroxylation is 1. The lowest BCUT2D eigenvalue weighted by Crippen LogP contribution is -2.55. The van der Waals surface area contributed by atoms with Crippen LogP contribution in [0.25, 0.3) is 0 Å². The van der Waals surface area contributed by atoms with Crippen LogP contribution in [-0.2, 0) is 16.1 Å². The summed E-state index contributed by atoms with van der Waals surface area (Å²) in [6.45, 7) is 6.43. The number of nitrogens with zero attached hydrogens (tertiary/aromatic N) is 1. The van der Waals surface area contributed by atoms with Crippen molar-refractivity contribution in [2.45, 2.75) is 71.9 Å². The molecule has 0 aromatic carbocycles. The fourth-order valence-electron chi connectivity index (χ4n) is 6.44. The predicted octanol–water partition coefficient (Wildman–Crippen LogP) is 1.97. The van der Waals surface area contributed by atoms with Gasteiger partial charge in [0.2, 0.25) is 0 Å². The maximum absolute atomic E-state index is 12.5. The van der Waals surface area contributed by atoms with E-state index in [4.69, 9.17) is 4.74 Å². The molecule has 2 heterocycles. The third-order valence-electron chi connectivity index (χ3n) is 8.46. The third kappa shape index (κ3) is 4.04. The normalized spacial score (nSPS) is 31.9. The monoisotopic (exact) mass is 458 g/mol. The minimum Gasteiger partial charge on any atom is -0.458 e. The van der Waals surface area contributed by atoms with Crippen molar-refractivity contribution in [2.75, 3.05) is 13.2 Å². The topological polar surface area (TPSA) is 122 Å². The number of H-pyrrole nitrogens is 1. The Morgan fingerprint density at radius 1 is 1.21 bits per heavy atom. The molecule has 8 nitrogen and oxygen atoms in total. The van der Waals surface area contributed by atoms with Gasteiger partial charge in [0, 0.05) is 29.3 Å². The summed E-state index contributed by atoms with van der Waals surface area (Å²) >= 11 is 0. The van der Waals surface area contributed by atoms with Gasteiger partial charge in [-0.05, 0) is 62.9 Å². The number of aliphatic hydroxyl groups excluding tert-OH is 2. The molecule has 0 spiro atoms. The lowest BCUT2D eigenvalue weighted by molar-refractivity contribution is -0.136. The summed E-state index contributed by atoms with van der Waals surface area (Å²) in [4.78, 5) is 38.7. The molecule has 0 amide bonds. The molecule has 33 heavy (non-hydrogen) atoms. The number of ether oxygens (including phenoxy) is 1. The number of aliphatic hydroxyl groups is 2. The van der Waals surface area contributed by atoms with Gasteiger partial charge in [-0.3, -0.25) is 14.3 Å². The molecule has 1 aliphatic heterocycles. The van der Waals surface area contributed by atoms with Crippen molar-refractivity contribution in [3.05, 3.63) is 55.4 Å². The van der Waals surface area contributed by atoms with E-state index in [-0.39, 0.29) is 29.5 Å². The summed E-state index contributed by atoms with van der Waals surface area (Å²) < 4.78 is 6.61. The summed E-state index contributed by atoms with van der Waals surface area (Å²) in [6.07, 6.45) is 6.94. The highest BCUT2D eigenvalue weighted by Crippen LogP contribution is 2.60. The van der Waals surface area contributed by atoms with Crippen LogP contribution in [0.4, 0.5) is 0 Å². The predicted molar refractivity (Wildman–Crippen MR) is 123 cm³/mol. The molecule has 0 bridgehead atoms. The van der Waals surface area contributed by atoms with Crippen LogP contribution in [0.15, 0.2) is 38.6 Å². The zero-order valence-corrected chi connectivity index (χ0v) is 19.6. The highest BCUT2D eigenvalue weighted by Gasteiger charge is 2.55. The van der Waals surface area contributed by atoms with Gasteiger partial charge < -0.3 is 14.9 Å². The summed E-state index contributed by atoms with van der Waals surface area (Å²) in [6, 6.07) is 0. The molecular formula is C25H34N2O6. The molecule has 1 aromatic heterocycles. The van der Waals surface area contributed by atoms with E-state index in [0.29, 0.717) is 43.6 Å². The van der Waals surface area contributed by atoms with E-state index in [1.807, 2.05) is 13.0 Å². The molecule has 1 aromatic rings. The Morgan fingerprint density at radius 3 is 2.64 bits per heavy atom. The minimum atomic E-state index is -0.610. The minimum absolute atomic E-state index is 0.0797. The number of cyclic esters (lactones) is 1. The first-order valence-corrected chi connectivity index (χ1v) is 11.8. The molecule has 3 aliphatic rings. The van der Waals surface area contributed by atoms with Crippen molar-refractivity contribution >= 4 is 5.97 Å². The number of rotatable bonds is 6. The zero-order valence-electron chi connectivity index (χ0n) is 19.6. The standard InChI is InChI=1S/C25H34N2O6/c1-15-12-27(23(32)26-21(15)30)13-17-5-7-19-24(2,10-8-20(29)25(19,3)14-28)18(17)6-4-16-9-11-33-22(16)31/h9,12,19-20,28-29H,4-8,10-11,13-14H2,1-3H3,(H,26,30,32)/t19-,20+,24-,25-/m0/s1. The van der Waals surface area contributed by atoms with Crippen molar-refractivity contribution in [2.24, 2.45) is 16.7 Å². The average Bonchev–Trinajstić information content (AvgIpc) is 3.18. The van der Waals surface area contributed by atoms with E-state index in [1.54, 1.807) is 17.7 Å².